The summed E-state index contributed by atoms with van der Waals surface area (Å²) in [7, 11) is 1.85. The summed E-state index contributed by atoms with van der Waals surface area (Å²) in [5, 5.41) is 11.0. The number of H-pyrrole nitrogens is 1. The molecule has 0 radical (unpaired) electrons. The molecule has 0 fully saturated rings. The monoisotopic (exact) mass is 837 g/mol. The molecule has 0 spiro atoms. The number of hydrogen-bond acceptors (Lipinski definition) is 2. The summed E-state index contributed by atoms with van der Waals surface area (Å²) in [5.74, 6) is 0.353. The van der Waals surface area contributed by atoms with E-state index in [1.807, 2.05) is 18.4 Å². The van der Waals surface area contributed by atoms with Crippen molar-refractivity contribution in [2.45, 2.75) is 12.3 Å². The first-order chi connectivity index (χ1) is 23.7. The second kappa shape index (κ2) is 13.0. The molecule has 3 aromatic heterocycles. The Morgan fingerprint density at radius 2 is 1.31 bits per heavy atom. The molecule has 0 bridgehead atoms. The van der Waals surface area contributed by atoms with Crippen LogP contribution in [0, 0.1) is 0 Å². The van der Waals surface area contributed by atoms with Crippen LogP contribution in [0.1, 0.15) is 28.3 Å². The van der Waals surface area contributed by atoms with Gasteiger partial charge in [-0.3, -0.25) is 0 Å². The van der Waals surface area contributed by atoms with Crippen molar-refractivity contribution in [2.75, 3.05) is 7.05 Å². The number of aromatic amines is 1. The van der Waals surface area contributed by atoms with Crippen molar-refractivity contribution in [1.29, 1.82) is 0 Å². The number of nitrogens with one attached hydrogen (secondary N) is 1. The van der Waals surface area contributed by atoms with Crippen LogP contribution in [-0.4, -0.2) is 16.6 Å². The van der Waals surface area contributed by atoms with Crippen molar-refractivity contribution < 1.29 is 21.1 Å². The minimum atomic E-state index is 0. The van der Waals surface area contributed by atoms with Gasteiger partial charge < -0.3 is 27.5 Å². The van der Waals surface area contributed by atoms with E-state index < -0.39 is 0 Å². The van der Waals surface area contributed by atoms with Gasteiger partial charge in [0.1, 0.15) is 0 Å². The molecular weight excluding hydrogens is 806 g/mol. The van der Waals surface area contributed by atoms with Crippen LogP contribution in [0.25, 0.3) is 70.4 Å². The number of rotatable bonds is 3. The maximum atomic E-state index is 5.68. The van der Waals surface area contributed by atoms with E-state index in [1.165, 1.54) is 75.4 Å². The van der Waals surface area contributed by atoms with Gasteiger partial charge in [-0.05, 0) is 65.4 Å². The van der Waals surface area contributed by atoms with Gasteiger partial charge in [-0.25, -0.2) is 4.91 Å². The second-order valence-electron chi connectivity index (χ2n) is 12.2. The standard InChI is InChI=1S/C24H16N2.C19H16NS2.W/c1-2-8-16(9-3-1)26-21-13-7-5-11-18(21)24-22(26)15-14-20-23(24)17-10-4-6-12-19(17)25-20;1-20-18-15(21)11-14(12-7-3-2-4-8-12)19-17(18)13-9-5-6-10-16(13)22-19;/h1-15,25H;2-10,14,21H,11H2,1H3;/q;-1;+2/p-1. The van der Waals surface area contributed by atoms with Crippen molar-refractivity contribution in [3.8, 4) is 5.69 Å². The molecule has 0 amide bonds. The molecule has 1 unspecified atom stereocenters. The van der Waals surface area contributed by atoms with Crippen LogP contribution in [0.4, 0.5) is 0 Å². The average molecular weight is 838 g/mol. The topological polar surface area (TPSA) is 34.8 Å². The summed E-state index contributed by atoms with van der Waals surface area (Å²) in [6.45, 7) is 0. The smallest absolute Gasteiger partial charge is 0.785 e. The molecule has 0 saturated heterocycles. The Bertz CT molecular complexity index is 2650. The number of benzene rings is 6. The Kier molecular flexibility index (Phi) is 8.37. The van der Waals surface area contributed by atoms with Gasteiger partial charge in [-0.2, -0.15) is 5.70 Å². The van der Waals surface area contributed by atoms with Crippen LogP contribution in [-0.2, 0) is 33.7 Å². The number of nitrogens with zero attached hydrogens (tertiary/aromatic N) is 2. The number of fused-ring (bicyclic) bond motifs is 10. The Hall–Kier alpha value is -4.67. The van der Waals surface area contributed by atoms with Crippen LogP contribution in [0.5, 0.6) is 0 Å². The van der Waals surface area contributed by atoms with Gasteiger partial charge in [-0.15, -0.1) is 18.4 Å². The predicted molar refractivity (Wildman–Crippen MR) is 208 cm³/mol. The molecule has 6 heteroatoms. The van der Waals surface area contributed by atoms with Crippen molar-refractivity contribution in [1.82, 2.24) is 9.55 Å². The zero-order chi connectivity index (χ0) is 32.2. The number of aromatic nitrogens is 2. The number of para-hydroxylation sites is 3. The summed E-state index contributed by atoms with van der Waals surface area (Å²) in [6.07, 6.45) is 0.881. The van der Waals surface area contributed by atoms with Crippen LogP contribution < -0.4 is 0 Å². The molecule has 1 aliphatic carbocycles. The zero-order valence-electron chi connectivity index (χ0n) is 26.8. The van der Waals surface area contributed by atoms with Crippen LogP contribution in [0.2, 0.25) is 0 Å². The quantitative estimate of drug-likeness (QED) is 0.177. The Morgan fingerprint density at radius 1 is 0.653 bits per heavy atom. The van der Waals surface area contributed by atoms with Gasteiger partial charge in [0, 0.05) is 53.8 Å². The van der Waals surface area contributed by atoms with Crippen molar-refractivity contribution in [3.05, 3.63) is 172 Å². The third-order valence-corrected chi connectivity index (χ3v) is 11.2. The molecular formula is C43H31N3S2W. The first-order valence-electron chi connectivity index (χ1n) is 16.3. The van der Waals surface area contributed by atoms with Gasteiger partial charge >= 0.3 is 21.1 Å². The molecule has 1 N–H and O–H groups in total. The molecule has 3 heterocycles. The van der Waals surface area contributed by atoms with E-state index in [1.54, 1.807) is 0 Å². The molecule has 0 aliphatic heterocycles. The van der Waals surface area contributed by atoms with Crippen molar-refractivity contribution in [3.63, 3.8) is 0 Å². The SMILES string of the molecule is C[N-]C1=C([S-])CC(c2ccccc2)c2sc3ccccc3c21.[W+2].c1ccc(-n2c3ccccc3c3c4c(ccc32)[nH]c2ccccc24)cc1. The van der Waals surface area contributed by atoms with E-state index in [0.29, 0.717) is 5.92 Å². The first kappa shape index (κ1) is 31.6. The zero-order valence-corrected chi connectivity index (χ0v) is 31.3. The molecule has 49 heavy (non-hydrogen) atoms. The fraction of sp³-hybridized carbons (Fsp3) is 0.0698. The molecule has 3 nitrogen and oxygen atoms in total. The third kappa shape index (κ3) is 5.20. The van der Waals surface area contributed by atoms with Crippen molar-refractivity contribution >= 4 is 83.4 Å². The van der Waals surface area contributed by atoms with E-state index in [4.69, 9.17) is 12.6 Å². The average Bonchev–Trinajstić information content (AvgIpc) is 3.82. The van der Waals surface area contributed by atoms with E-state index in [2.05, 4.69) is 160 Å². The van der Waals surface area contributed by atoms with Crippen LogP contribution in [0.15, 0.2) is 150 Å². The first-order valence-corrected chi connectivity index (χ1v) is 17.5. The van der Waals surface area contributed by atoms with Gasteiger partial charge in [0.15, 0.2) is 0 Å². The normalized spacial score (nSPS) is 14.2. The molecule has 6 aromatic carbocycles. The molecule has 10 rings (SSSR count). The Morgan fingerprint density at radius 3 is 2.08 bits per heavy atom. The fourth-order valence-corrected chi connectivity index (χ4v) is 9.21. The van der Waals surface area contributed by atoms with Crippen LogP contribution >= 0.6 is 11.3 Å². The van der Waals surface area contributed by atoms with E-state index in [-0.39, 0.29) is 21.1 Å². The van der Waals surface area contributed by atoms with Gasteiger partial charge in [-0.1, -0.05) is 103 Å². The molecule has 1 atom stereocenters. The molecule has 9 aromatic rings. The summed E-state index contributed by atoms with van der Waals surface area (Å²) < 4.78 is 3.69. The minimum absolute atomic E-state index is 0. The fourth-order valence-electron chi connectivity index (χ4n) is 7.51. The summed E-state index contributed by atoms with van der Waals surface area (Å²) in [5.41, 5.74) is 9.66. The largest absolute Gasteiger partial charge is 2.00 e. The summed E-state index contributed by atoms with van der Waals surface area (Å²) >= 11 is 7.57. The van der Waals surface area contributed by atoms with Gasteiger partial charge in [0.2, 0.25) is 0 Å². The molecule has 236 valence electrons. The molecule has 0 saturated carbocycles. The van der Waals surface area contributed by atoms with E-state index >= 15 is 0 Å². The third-order valence-electron chi connectivity index (χ3n) is 9.57. The molecule has 1 aliphatic rings. The van der Waals surface area contributed by atoms with Crippen LogP contribution in [0.3, 0.4) is 0 Å². The van der Waals surface area contributed by atoms with E-state index in [0.717, 1.165) is 17.0 Å². The maximum Gasteiger partial charge on any atom is 2.00 e. The second-order valence-corrected chi connectivity index (χ2v) is 13.8. The number of thiophene rings is 1. The summed E-state index contributed by atoms with van der Waals surface area (Å²) in [6, 6.07) is 51.6. The Labute approximate surface area is 309 Å². The predicted octanol–water partition coefficient (Wildman–Crippen LogP) is 12.1. The Balaban J connectivity index is 0.000000141. The minimum Gasteiger partial charge on any atom is -0.785 e. The number of hydrogen-bond donors (Lipinski definition) is 1. The van der Waals surface area contributed by atoms with Gasteiger partial charge in [0.05, 0.1) is 11.0 Å². The van der Waals surface area contributed by atoms with Gasteiger partial charge in [0.25, 0.3) is 0 Å². The summed E-state index contributed by atoms with van der Waals surface area (Å²) in [4.78, 5) is 5.96. The van der Waals surface area contributed by atoms with E-state index in [9.17, 15) is 0 Å². The van der Waals surface area contributed by atoms with Crippen molar-refractivity contribution in [2.24, 2.45) is 0 Å². The number of allylic oxidation sites excluding steroid dienone is 1. The maximum absolute atomic E-state index is 5.68.